The van der Waals surface area contributed by atoms with Crippen molar-refractivity contribution in [2.75, 3.05) is 32.5 Å². The van der Waals surface area contributed by atoms with Crippen molar-refractivity contribution in [3.05, 3.63) is 0 Å². The molecule has 1 fully saturated rings. The molecule has 18 heavy (non-hydrogen) atoms. The minimum absolute atomic E-state index is 0.740. The molecule has 0 spiro atoms. The van der Waals surface area contributed by atoms with Crippen molar-refractivity contribution in [2.24, 2.45) is 0 Å². The summed E-state index contributed by atoms with van der Waals surface area (Å²) in [5.74, 6) is 0. The number of rotatable bonds is 8. The van der Waals surface area contributed by atoms with E-state index in [-0.39, 0.29) is 0 Å². The average Bonchev–Trinajstić information content (AvgIpc) is 2.61. The first-order valence-corrected chi connectivity index (χ1v) is 12.2. The highest BCUT2D eigenvalue weighted by Gasteiger charge is 2.46. The van der Waals surface area contributed by atoms with Gasteiger partial charge in [-0.2, -0.15) is 0 Å². The second kappa shape index (κ2) is 7.16. The molecular formula is C12H29NO3Si2. The van der Waals surface area contributed by atoms with Gasteiger partial charge in [0.25, 0.3) is 8.48 Å². The summed E-state index contributed by atoms with van der Waals surface area (Å²) in [6.07, 6.45) is 2.21. The van der Waals surface area contributed by atoms with Crippen LogP contribution >= 0.6 is 0 Å². The van der Waals surface area contributed by atoms with Crippen LogP contribution in [0, 0.1) is 0 Å². The van der Waals surface area contributed by atoms with Gasteiger partial charge in [-0.1, -0.05) is 0 Å². The summed E-state index contributed by atoms with van der Waals surface area (Å²) in [4.78, 5) is 0. The van der Waals surface area contributed by atoms with Gasteiger partial charge in [0.2, 0.25) is 0 Å². The largest absolute Gasteiger partial charge is 0.403 e. The highest BCUT2D eigenvalue weighted by atomic mass is 28.4. The van der Waals surface area contributed by atoms with Gasteiger partial charge in [0.15, 0.2) is 0 Å². The van der Waals surface area contributed by atoms with Gasteiger partial charge in [0.05, 0.1) is 0 Å². The van der Waals surface area contributed by atoms with Crippen LogP contribution in [-0.2, 0) is 13.3 Å². The quantitative estimate of drug-likeness (QED) is 0.643. The Morgan fingerprint density at radius 1 is 1.11 bits per heavy atom. The van der Waals surface area contributed by atoms with Crippen molar-refractivity contribution in [1.82, 2.24) is 4.57 Å². The maximum Gasteiger partial charge on any atom is 0.348 e. The van der Waals surface area contributed by atoms with Gasteiger partial charge in [0.1, 0.15) is 0 Å². The number of hydrogen-bond donors (Lipinski definition) is 0. The third-order valence-corrected chi connectivity index (χ3v) is 10.6. The van der Waals surface area contributed by atoms with Crippen LogP contribution in [0.25, 0.3) is 0 Å². The Morgan fingerprint density at radius 2 is 1.72 bits per heavy atom. The van der Waals surface area contributed by atoms with Gasteiger partial charge in [-0.15, -0.1) is 0 Å². The Hall–Kier alpha value is 0.274. The molecule has 108 valence electrons. The molecule has 1 aliphatic rings. The fourth-order valence-corrected chi connectivity index (χ4v) is 10.1. The first kappa shape index (κ1) is 16.3. The minimum atomic E-state index is -2.05. The smallest absolute Gasteiger partial charge is 0.348 e. The third-order valence-electron chi connectivity index (χ3n) is 3.57. The molecule has 1 aliphatic heterocycles. The van der Waals surface area contributed by atoms with E-state index in [2.05, 4.69) is 24.6 Å². The maximum atomic E-state index is 6.08. The van der Waals surface area contributed by atoms with Crippen molar-refractivity contribution in [3.8, 4) is 0 Å². The zero-order chi connectivity index (χ0) is 13.6. The highest BCUT2D eigenvalue weighted by molar-refractivity contribution is 6.73. The lowest BCUT2D eigenvalue weighted by atomic mass is 10.5. The minimum Gasteiger partial charge on any atom is -0.403 e. The molecule has 0 aromatic heterocycles. The first-order valence-electron chi connectivity index (χ1n) is 7.16. The third kappa shape index (κ3) is 4.14. The number of hydrogen-bond acceptors (Lipinski definition) is 4. The van der Waals surface area contributed by atoms with Crippen molar-refractivity contribution < 1.29 is 13.3 Å². The lowest BCUT2D eigenvalue weighted by Gasteiger charge is -2.37. The van der Waals surface area contributed by atoms with Crippen LogP contribution < -0.4 is 0 Å². The molecule has 0 N–H and O–H groups in total. The van der Waals surface area contributed by atoms with E-state index in [1.165, 1.54) is 12.5 Å². The maximum absolute atomic E-state index is 6.08. The molecular weight excluding hydrogens is 262 g/mol. The molecule has 0 aromatic rings. The average molecular weight is 292 g/mol. The second-order valence-electron chi connectivity index (χ2n) is 5.13. The van der Waals surface area contributed by atoms with E-state index in [1.54, 1.807) is 0 Å². The van der Waals surface area contributed by atoms with E-state index in [4.69, 9.17) is 13.3 Å². The normalized spacial score (nSPS) is 25.8. The van der Waals surface area contributed by atoms with Crippen molar-refractivity contribution in [2.45, 2.75) is 46.3 Å². The van der Waals surface area contributed by atoms with E-state index >= 15 is 0 Å². The van der Waals surface area contributed by atoms with Crippen LogP contribution in [0.5, 0.6) is 0 Å². The van der Waals surface area contributed by atoms with Crippen LogP contribution in [0.2, 0.25) is 19.1 Å². The van der Waals surface area contributed by atoms with Crippen LogP contribution in [-0.4, -0.2) is 54.1 Å². The van der Waals surface area contributed by atoms with Gasteiger partial charge in [-0.3, -0.25) is 0 Å². The van der Waals surface area contributed by atoms with Crippen LogP contribution in [0.15, 0.2) is 0 Å². The standard InChI is InChI=1S/C12H29NO3Si2/c1-6-14-17(4)11-9-10-13(17)12-18(5,15-7-2)16-8-3/h6-12H2,1-5H3. The molecule has 1 heterocycles. The summed E-state index contributed by atoms with van der Waals surface area (Å²) in [6, 6.07) is 1.24. The molecule has 0 radical (unpaired) electrons. The Kier molecular flexibility index (Phi) is 6.50. The highest BCUT2D eigenvalue weighted by Crippen LogP contribution is 2.28. The molecule has 0 saturated carbocycles. The van der Waals surface area contributed by atoms with E-state index in [1.807, 2.05) is 13.8 Å². The van der Waals surface area contributed by atoms with Gasteiger partial charge < -0.3 is 17.8 Å². The predicted molar refractivity (Wildman–Crippen MR) is 79.1 cm³/mol. The van der Waals surface area contributed by atoms with Gasteiger partial charge in [0, 0.05) is 26.0 Å². The Bertz CT molecular complexity index is 249. The molecule has 0 bridgehead atoms. The Balaban J connectivity index is 2.67. The predicted octanol–water partition coefficient (Wildman–Crippen LogP) is 2.48. The monoisotopic (exact) mass is 291 g/mol. The molecule has 1 unspecified atom stereocenters. The molecule has 1 rings (SSSR count). The summed E-state index contributed by atoms with van der Waals surface area (Å²) in [5, 5.41) is 0. The summed E-state index contributed by atoms with van der Waals surface area (Å²) in [5.41, 5.74) is 0. The Morgan fingerprint density at radius 3 is 2.22 bits per heavy atom. The van der Waals surface area contributed by atoms with E-state index in [0.717, 1.165) is 32.5 Å². The van der Waals surface area contributed by atoms with Gasteiger partial charge in [-0.25, -0.2) is 0 Å². The van der Waals surface area contributed by atoms with Crippen molar-refractivity contribution in [3.63, 3.8) is 0 Å². The summed E-state index contributed by atoms with van der Waals surface area (Å²) in [7, 11) is -3.73. The summed E-state index contributed by atoms with van der Waals surface area (Å²) >= 11 is 0. The van der Waals surface area contributed by atoms with Crippen LogP contribution in [0.1, 0.15) is 27.2 Å². The SMILES string of the molecule is CCO[Si](C)(CN1CCC[Si]1(C)OCC)OCC. The molecule has 0 aromatic carbocycles. The van der Waals surface area contributed by atoms with E-state index in [9.17, 15) is 0 Å². The van der Waals surface area contributed by atoms with E-state index < -0.39 is 17.0 Å². The fourth-order valence-electron chi connectivity index (χ4n) is 2.80. The topological polar surface area (TPSA) is 30.9 Å². The first-order chi connectivity index (χ1) is 8.49. The van der Waals surface area contributed by atoms with Gasteiger partial charge >= 0.3 is 8.56 Å². The van der Waals surface area contributed by atoms with Gasteiger partial charge in [-0.05, 0) is 52.9 Å². The second-order valence-corrected chi connectivity index (χ2v) is 12.1. The summed E-state index contributed by atoms with van der Waals surface area (Å²) in [6.45, 7) is 14.1. The zero-order valence-electron chi connectivity index (χ0n) is 12.6. The molecule has 0 amide bonds. The van der Waals surface area contributed by atoms with Crippen molar-refractivity contribution >= 4 is 17.0 Å². The number of nitrogens with zero attached hydrogens (tertiary/aromatic N) is 1. The lowest BCUT2D eigenvalue weighted by molar-refractivity contribution is 0.174. The Labute approximate surface area is 114 Å². The van der Waals surface area contributed by atoms with E-state index in [0.29, 0.717) is 0 Å². The summed E-state index contributed by atoms with van der Waals surface area (Å²) < 4.78 is 20.5. The molecule has 1 saturated heterocycles. The van der Waals surface area contributed by atoms with Crippen molar-refractivity contribution in [1.29, 1.82) is 0 Å². The lowest BCUT2D eigenvalue weighted by Crippen LogP contribution is -2.58. The molecule has 1 atom stereocenters. The molecule has 0 aliphatic carbocycles. The molecule has 4 nitrogen and oxygen atoms in total. The van der Waals surface area contributed by atoms with Crippen LogP contribution in [0.4, 0.5) is 0 Å². The van der Waals surface area contributed by atoms with Crippen LogP contribution in [0.3, 0.4) is 0 Å². The fraction of sp³-hybridized carbons (Fsp3) is 1.00. The zero-order valence-corrected chi connectivity index (χ0v) is 14.6. The molecule has 6 heteroatoms.